The lowest BCUT2D eigenvalue weighted by Crippen LogP contribution is -2.14. The van der Waals surface area contributed by atoms with Gasteiger partial charge in [-0.25, -0.2) is 0 Å². The van der Waals surface area contributed by atoms with Crippen LogP contribution in [0.2, 0.25) is 0 Å². The molecule has 0 aliphatic heterocycles. The van der Waals surface area contributed by atoms with Gasteiger partial charge in [0.15, 0.2) is 11.5 Å². The van der Waals surface area contributed by atoms with E-state index < -0.39 is 0 Å². The Hall–Kier alpha value is -2.14. The minimum absolute atomic E-state index is 0.000933. The van der Waals surface area contributed by atoms with E-state index >= 15 is 0 Å². The molecule has 2 rings (SSSR count). The average Bonchev–Trinajstić information content (AvgIpc) is 2.66. The number of carbonyl (C=O) groups is 1. The van der Waals surface area contributed by atoms with E-state index in [1.165, 1.54) is 0 Å². The quantitative estimate of drug-likeness (QED) is 0.740. The highest BCUT2D eigenvalue weighted by Gasteiger charge is 2.26. The molecule has 1 aliphatic carbocycles. The van der Waals surface area contributed by atoms with Gasteiger partial charge in [-0.3, -0.25) is 9.48 Å². The molecule has 5 heteroatoms. The topological polar surface area (TPSA) is 82.5 Å². The Morgan fingerprint density at radius 1 is 1.38 bits per heavy atom. The lowest BCUT2D eigenvalue weighted by atomic mass is 9.94. The van der Waals surface area contributed by atoms with Crippen molar-refractivity contribution in [2.24, 2.45) is 0 Å². The molecule has 0 saturated heterocycles. The Kier molecular flexibility index (Phi) is 2.70. The number of carbonyl (C=O) groups excluding carboxylic acids is 1. The first-order valence-electron chi connectivity index (χ1n) is 5.18. The lowest BCUT2D eigenvalue weighted by molar-refractivity contribution is 0.0971. The van der Waals surface area contributed by atoms with Crippen LogP contribution in [0, 0.1) is 22.7 Å². The van der Waals surface area contributed by atoms with E-state index in [1.54, 1.807) is 4.68 Å². The van der Waals surface area contributed by atoms with Crippen molar-refractivity contribution in [1.29, 1.82) is 10.5 Å². The molecule has 1 aromatic rings. The van der Waals surface area contributed by atoms with Gasteiger partial charge in [-0.1, -0.05) is 0 Å². The zero-order chi connectivity index (χ0) is 11.5. The maximum absolute atomic E-state index is 11.7. The fraction of sp³-hybridized carbons (Fsp3) is 0.455. The summed E-state index contributed by atoms with van der Waals surface area (Å²) in [7, 11) is 0. The third-order valence-corrected chi connectivity index (χ3v) is 2.70. The van der Waals surface area contributed by atoms with Crippen molar-refractivity contribution in [3.63, 3.8) is 0 Å². The summed E-state index contributed by atoms with van der Waals surface area (Å²) in [6, 6.07) is 3.98. The van der Waals surface area contributed by atoms with E-state index in [0.717, 1.165) is 18.5 Å². The van der Waals surface area contributed by atoms with Gasteiger partial charge in [-0.05, 0) is 12.8 Å². The number of fused-ring (bicyclic) bond motifs is 1. The highest BCUT2D eigenvalue weighted by Crippen LogP contribution is 2.24. The number of rotatable bonds is 2. The molecule has 16 heavy (non-hydrogen) atoms. The monoisotopic (exact) mass is 214 g/mol. The third-order valence-electron chi connectivity index (χ3n) is 2.70. The molecule has 0 atom stereocenters. The molecule has 0 spiro atoms. The molecular formula is C11H10N4O. The summed E-state index contributed by atoms with van der Waals surface area (Å²) in [5.41, 5.74) is 1.51. The zero-order valence-electron chi connectivity index (χ0n) is 8.73. The molecule has 5 nitrogen and oxygen atoms in total. The maximum Gasteiger partial charge on any atom is 0.173 e. The van der Waals surface area contributed by atoms with Gasteiger partial charge in [0.2, 0.25) is 0 Å². The molecule has 0 bridgehead atoms. The van der Waals surface area contributed by atoms with Gasteiger partial charge < -0.3 is 0 Å². The minimum Gasteiger partial charge on any atom is -0.294 e. The summed E-state index contributed by atoms with van der Waals surface area (Å²) >= 11 is 0. The highest BCUT2D eigenvalue weighted by molar-refractivity contribution is 5.99. The van der Waals surface area contributed by atoms with Crippen molar-refractivity contribution < 1.29 is 4.79 Å². The van der Waals surface area contributed by atoms with Crippen LogP contribution < -0.4 is 0 Å². The molecule has 0 aromatic carbocycles. The molecule has 0 saturated carbocycles. The van der Waals surface area contributed by atoms with Gasteiger partial charge in [0.05, 0.1) is 30.3 Å². The largest absolute Gasteiger partial charge is 0.294 e. The Balaban J connectivity index is 2.46. The van der Waals surface area contributed by atoms with Gasteiger partial charge in [0.1, 0.15) is 6.07 Å². The lowest BCUT2D eigenvalue weighted by Gasteiger charge is -2.11. The molecule has 1 aromatic heterocycles. The Morgan fingerprint density at radius 3 is 2.88 bits per heavy atom. The minimum atomic E-state index is 0.000933. The second-order valence-corrected chi connectivity index (χ2v) is 3.69. The smallest absolute Gasteiger partial charge is 0.173 e. The van der Waals surface area contributed by atoms with Crippen LogP contribution in [0.5, 0.6) is 0 Å². The molecule has 80 valence electrons. The van der Waals surface area contributed by atoms with E-state index in [2.05, 4.69) is 5.10 Å². The van der Waals surface area contributed by atoms with Crippen LogP contribution in [0.3, 0.4) is 0 Å². The molecule has 0 amide bonds. The van der Waals surface area contributed by atoms with E-state index in [-0.39, 0.29) is 11.5 Å². The Labute approximate surface area is 92.9 Å². The predicted molar refractivity (Wildman–Crippen MR) is 54.4 cm³/mol. The Morgan fingerprint density at radius 2 is 2.19 bits per heavy atom. The van der Waals surface area contributed by atoms with Crippen LogP contribution in [-0.4, -0.2) is 15.6 Å². The normalized spacial score (nSPS) is 14.0. The average molecular weight is 214 g/mol. The van der Waals surface area contributed by atoms with Crippen molar-refractivity contribution in [2.45, 2.75) is 32.2 Å². The van der Waals surface area contributed by atoms with Crippen LogP contribution in [0.4, 0.5) is 0 Å². The number of Topliss-reactive ketones (excluding diaryl/α,β-unsaturated/α-hetero) is 1. The van der Waals surface area contributed by atoms with Crippen molar-refractivity contribution in [2.75, 3.05) is 0 Å². The fourth-order valence-electron chi connectivity index (χ4n) is 2.00. The molecule has 0 N–H and O–H groups in total. The summed E-state index contributed by atoms with van der Waals surface area (Å²) in [4.78, 5) is 11.7. The van der Waals surface area contributed by atoms with Gasteiger partial charge in [-0.15, -0.1) is 0 Å². The SMILES string of the molecule is N#CCCn1nc(C#N)c2c1CCCC2=O. The number of nitriles is 2. The van der Waals surface area contributed by atoms with E-state index in [0.29, 0.717) is 24.9 Å². The summed E-state index contributed by atoms with van der Waals surface area (Å²) in [6.07, 6.45) is 2.40. The summed E-state index contributed by atoms with van der Waals surface area (Å²) in [5, 5.41) is 21.5. The molecule has 1 heterocycles. The summed E-state index contributed by atoms with van der Waals surface area (Å²) in [6.45, 7) is 0.452. The van der Waals surface area contributed by atoms with Crippen LogP contribution in [0.25, 0.3) is 0 Å². The Bertz CT molecular complexity index is 515. The maximum atomic E-state index is 11.7. The first kappa shape index (κ1) is 10.4. The van der Waals surface area contributed by atoms with Crippen LogP contribution >= 0.6 is 0 Å². The van der Waals surface area contributed by atoms with Crippen molar-refractivity contribution in [3.8, 4) is 12.1 Å². The second-order valence-electron chi connectivity index (χ2n) is 3.69. The van der Waals surface area contributed by atoms with Crippen LogP contribution in [-0.2, 0) is 13.0 Å². The van der Waals surface area contributed by atoms with Crippen molar-refractivity contribution in [3.05, 3.63) is 17.0 Å². The number of nitrogens with zero attached hydrogens (tertiary/aromatic N) is 4. The first-order valence-corrected chi connectivity index (χ1v) is 5.18. The van der Waals surface area contributed by atoms with Crippen LogP contribution in [0.15, 0.2) is 0 Å². The van der Waals surface area contributed by atoms with Crippen LogP contribution in [0.1, 0.15) is 41.0 Å². The molecule has 0 radical (unpaired) electrons. The van der Waals surface area contributed by atoms with E-state index in [1.807, 2.05) is 12.1 Å². The zero-order valence-corrected chi connectivity index (χ0v) is 8.73. The first-order chi connectivity index (χ1) is 7.77. The van der Waals surface area contributed by atoms with Gasteiger partial charge in [0.25, 0.3) is 0 Å². The second kappa shape index (κ2) is 4.16. The summed E-state index contributed by atoms with van der Waals surface area (Å²) < 4.78 is 1.63. The molecule has 1 aliphatic rings. The molecule has 0 unspecified atom stereocenters. The van der Waals surface area contributed by atoms with Crippen molar-refractivity contribution in [1.82, 2.24) is 9.78 Å². The van der Waals surface area contributed by atoms with Gasteiger partial charge in [0, 0.05) is 6.42 Å². The van der Waals surface area contributed by atoms with E-state index in [9.17, 15) is 4.79 Å². The van der Waals surface area contributed by atoms with Gasteiger partial charge in [-0.2, -0.15) is 15.6 Å². The number of aromatic nitrogens is 2. The summed E-state index contributed by atoms with van der Waals surface area (Å²) in [5.74, 6) is 0.000933. The third kappa shape index (κ3) is 1.57. The standard InChI is InChI=1S/C11H10N4O/c12-5-2-6-15-9-3-1-4-10(16)11(9)8(7-13)14-15/h1-4,6H2. The van der Waals surface area contributed by atoms with E-state index in [4.69, 9.17) is 10.5 Å². The fourth-order valence-corrected chi connectivity index (χ4v) is 2.00. The predicted octanol–water partition coefficient (Wildman–Crippen LogP) is 1.19. The van der Waals surface area contributed by atoms with Crippen molar-refractivity contribution >= 4 is 5.78 Å². The number of hydrogen-bond donors (Lipinski definition) is 0. The number of ketones is 1. The molecule has 0 fully saturated rings. The number of hydrogen-bond acceptors (Lipinski definition) is 4. The highest BCUT2D eigenvalue weighted by atomic mass is 16.1. The molecular weight excluding hydrogens is 204 g/mol. The number of aryl methyl sites for hydroxylation is 1. The van der Waals surface area contributed by atoms with Gasteiger partial charge >= 0.3 is 0 Å².